The van der Waals surface area contributed by atoms with Crippen molar-refractivity contribution in [2.75, 3.05) is 26.2 Å². The maximum absolute atomic E-state index is 13.1. The highest BCUT2D eigenvalue weighted by Crippen LogP contribution is 2.46. The second-order valence-electron chi connectivity index (χ2n) is 6.77. The molecular formula is C23H19BrClN3O5. The molecule has 0 amide bonds. The predicted octanol–water partition coefficient (Wildman–Crippen LogP) is 4.01. The van der Waals surface area contributed by atoms with Gasteiger partial charge < -0.3 is 19.9 Å². The Kier molecular flexibility index (Phi) is 7.31. The van der Waals surface area contributed by atoms with Crippen molar-refractivity contribution in [1.82, 2.24) is 0 Å². The molecule has 1 unspecified atom stereocenters. The fraction of sp³-hybridized carbons (Fsp3) is 0.174. The van der Waals surface area contributed by atoms with Gasteiger partial charge in [-0.1, -0.05) is 41.9 Å². The topological polar surface area (TPSA) is 115 Å². The first kappa shape index (κ1) is 24.2. The number of ether oxygens (including phenoxy) is 3. The van der Waals surface area contributed by atoms with Crippen LogP contribution in [0.2, 0.25) is 5.02 Å². The van der Waals surface area contributed by atoms with Gasteiger partial charge in [-0.25, -0.2) is 9.59 Å². The molecule has 1 aliphatic rings. The molecule has 1 heterocycles. The van der Waals surface area contributed by atoms with Crippen LogP contribution in [-0.2, 0) is 19.1 Å². The van der Waals surface area contributed by atoms with E-state index in [-0.39, 0.29) is 33.4 Å². The van der Waals surface area contributed by atoms with Crippen LogP contribution in [0.15, 0.2) is 69.6 Å². The molecular weight excluding hydrogens is 514 g/mol. The lowest BCUT2D eigenvalue weighted by molar-refractivity contribution is -0.139. The molecule has 0 saturated carbocycles. The number of hydrogen-bond donors (Lipinski definition) is 1. The van der Waals surface area contributed by atoms with Crippen molar-refractivity contribution in [3.8, 4) is 11.8 Å². The van der Waals surface area contributed by atoms with E-state index in [0.717, 1.165) is 0 Å². The first-order chi connectivity index (χ1) is 15.8. The smallest absolute Gasteiger partial charge is 0.355 e. The van der Waals surface area contributed by atoms with Crippen LogP contribution in [0.1, 0.15) is 11.5 Å². The zero-order chi connectivity index (χ0) is 24.3. The summed E-state index contributed by atoms with van der Waals surface area (Å²) in [4.78, 5) is 27.3. The number of benzene rings is 2. The van der Waals surface area contributed by atoms with Gasteiger partial charge in [0.1, 0.15) is 17.3 Å². The fourth-order valence-electron chi connectivity index (χ4n) is 3.61. The number of rotatable bonds is 5. The van der Waals surface area contributed by atoms with E-state index in [9.17, 15) is 14.9 Å². The number of nitriles is 1. The summed E-state index contributed by atoms with van der Waals surface area (Å²) in [5.41, 5.74) is 6.93. The lowest BCUT2D eigenvalue weighted by Crippen LogP contribution is -2.40. The molecule has 2 N–H and O–H groups in total. The number of hydrogen-bond acceptors (Lipinski definition) is 8. The van der Waals surface area contributed by atoms with Crippen LogP contribution < -0.4 is 15.4 Å². The van der Waals surface area contributed by atoms with Gasteiger partial charge in [-0.05, 0) is 27.6 Å². The van der Waals surface area contributed by atoms with Crippen LogP contribution in [0.25, 0.3) is 0 Å². The maximum Gasteiger partial charge on any atom is 0.355 e. The van der Waals surface area contributed by atoms with E-state index >= 15 is 0 Å². The molecule has 0 radical (unpaired) electrons. The molecule has 170 valence electrons. The molecule has 0 saturated heterocycles. The van der Waals surface area contributed by atoms with Crippen molar-refractivity contribution in [2.45, 2.75) is 5.92 Å². The highest BCUT2D eigenvalue weighted by molar-refractivity contribution is 9.10. The third kappa shape index (κ3) is 4.27. The normalized spacial score (nSPS) is 15.8. The molecule has 2 aromatic carbocycles. The summed E-state index contributed by atoms with van der Waals surface area (Å²) >= 11 is 9.85. The van der Waals surface area contributed by atoms with Crippen molar-refractivity contribution >= 4 is 45.2 Å². The minimum atomic E-state index is -0.967. The van der Waals surface area contributed by atoms with Crippen LogP contribution in [-0.4, -0.2) is 33.3 Å². The first-order valence-electron chi connectivity index (χ1n) is 9.49. The van der Waals surface area contributed by atoms with Crippen molar-refractivity contribution < 1.29 is 23.8 Å². The van der Waals surface area contributed by atoms with Crippen molar-refractivity contribution in [3.63, 3.8) is 0 Å². The number of nitrogens with two attached hydrogens (primary N) is 1. The van der Waals surface area contributed by atoms with Crippen molar-refractivity contribution in [1.29, 1.82) is 5.26 Å². The van der Waals surface area contributed by atoms with Crippen LogP contribution >= 0.6 is 27.5 Å². The quantitative estimate of drug-likeness (QED) is 0.575. The van der Waals surface area contributed by atoms with Gasteiger partial charge in [-0.2, -0.15) is 5.26 Å². The summed E-state index contributed by atoms with van der Waals surface area (Å²) in [5.74, 6) is -2.37. The Hall–Kier alpha value is -3.48. The van der Waals surface area contributed by atoms with Crippen molar-refractivity contribution in [2.24, 2.45) is 5.73 Å². The third-order valence-corrected chi connectivity index (χ3v) is 5.99. The average Bonchev–Trinajstić information content (AvgIpc) is 2.83. The highest BCUT2D eigenvalue weighted by atomic mass is 79.9. The van der Waals surface area contributed by atoms with Gasteiger partial charge in [-0.3, -0.25) is 4.90 Å². The second-order valence-corrected chi connectivity index (χ2v) is 8.03. The van der Waals surface area contributed by atoms with E-state index in [2.05, 4.69) is 22.0 Å². The van der Waals surface area contributed by atoms with Crippen LogP contribution in [0, 0.1) is 11.3 Å². The molecule has 0 aromatic heterocycles. The number of methoxy groups -OCH3 is 3. The summed E-state index contributed by atoms with van der Waals surface area (Å²) in [6.45, 7) is 0. The highest BCUT2D eigenvalue weighted by Gasteiger charge is 2.43. The molecule has 10 heteroatoms. The largest absolute Gasteiger partial charge is 0.495 e. The number of esters is 2. The van der Waals surface area contributed by atoms with Gasteiger partial charge in [0.2, 0.25) is 0 Å². The summed E-state index contributed by atoms with van der Waals surface area (Å²) < 4.78 is 15.9. The Morgan fingerprint density at radius 3 is 2.30 bits per heavy atom. The molecule has 1 atom stereocenters. The maximum atomic E-state index is 13.1. The SMILES string of the molecule is COC(=O)C1=C(C(=O)OC)N(c2cc(OC)c(Br)cc2Cl)C(N)=C(C#N)C1c1ccccc1. The van der Waals surface area contributed by atoms with Gasteiger partial charge in [0.15, 0.2) is 0 Å². The molecule has 8 nitrogen and oxygen atoms in total. The van der Waals surface area contributed by atoms with Gasteiger partial charge in [-0.15, -0.1) is 0 Å². The molecule has 0 aliphatic carbocycles. The number of anilines is 1. The summed E-state index contributed by atoms with van der Waals surface area (Å²) in [5, 5.41) is 10.2. The van der Waals surface area contributed by atoms with Gasteiger partial charge in [0, 0.05) is 6.07 Å². The molecule has 33 heavy (non-hydrogen) atoms. The Bertz CT molecular complexity index is 1220. The monoisotopic (exact) mass is 531 g/mol. The van der Waals surface area contributed by atoms with Gasteiger partial charge in [0.05, 0.1) is 59.6 Å². The number of carbonyl (C=O) groups is 2. The Morgan fingerprint density at radius 2 is 1.76 bits per heavy atom. The van der Waals surface area contributed by atoms with Gasteiger partial charge in [0.25, 0.3) is 0 Å². The van der Waals surface area contributed by atoms with E-state index < -0.39 is 17.9 Å². The second kappa shape index (κ2) is 9.98. The lowest BCUT2D eigenvalue weighted by Gasteiger charge is -2.36. The standard InChI is InChI=1S/C23H19BrClN3O5/c1-31-17-10-16(15(25)9-14(17)24)28-20(23(30)33-3)19(22(29)32-2)18(13(11-26)21(28)27)12-7-5-4-6-8-12/h4-10,18H,27H2,1-3H3. The number of halogens is 2. The summed E-state index contributed by atoms with van der Waals surface area (Å²) in [7, 11) is 3.81. The predicted molar refractivity (Wildman–Crippen MR) is 125 cm³/mol. The van der Waals surface area contributed by atoms with Crippen LogP contribution in [0.4, 0.5) is 5.69 Å². The number of allylic oxidation sites excluding steroid dienone is 1. The van der Waals surface area contributed by atoms with Crippen LogP contribution in [0.3, 0.4) is 0 Å². The van der Waals surface area contributed by atoms with E-state index in [1.165, 1.54) is 32.3 Å². The molecule has 3 rings (SSSR count). The molecule has 0 spiro atoms. The Balaban J connectivity index is 2.46. The molecule has 1 aliphatic heterocycles. The van der Waals surface area contributed by atoms with Gasteiger partial charge >= 0.3 is 11.9 Å². The van der Waals surface area contributed by atoms with E-state index in [4.69, 9.17) is 31.5 Å². The Morgan fingerprint density at radius 1 is 1.12 bits per heavy atom. The number of carbonyl (C=O) groups excluding carboxylic acids is 2. The first-order valence-corrected chi connectivity index (χ1v) is 10.7. The zero-order valence-electron chi connectivity index (χ0n) is 17.9. The number of nitrogens with zero attached hydrogens (tertiary/aromatic N) is 2. The average molecular weight is 533 g/mol. The van der Waals surface area contributed by atoms with Crippen LogP contribution in [0.5, 0.6) is 5.75 Å². The lowest BCUT2D eigenvalue weighted by atomic mass is 9.81. The van der Waals surface area contributed by atoms with Crippen molar-refractivity contribution in [3.05, 3.63) is 80.2 Å². The minimum Gasteiger partial charge on any atom is -0.495 e. The molecule has 0 fully saturated rings. The van der Waals surface area contributed by atoms with E-state index in [0.29, 0.717) is 15.8 Å². The minimum absolute atomic E-state index is 0.0344. The van der Waals surface area contributed by atoms with E-state index in [1.807, 2.05) is 0 Å². The van der Waals surface area contributed by atoms with E-state index in [1.54, 1.807) is 36.4 Å². The third-order valence-electron chi connectivity index (χ3n) is 5.07. The Labute approximate surface area is 203 Å². The molecule has 0 bridgehead atoms. The summed E-state index contributed by atoms with van der Waals surface area (Å²) in [6, 6.07) is 13.9. The zero-order valence-corrected chi connectivity index (χ0v) is 20.2. The fourth-order valence-corrected chi connectivity index (χ4v) is 4.49. The summed E-state index contributed by atoms with van der Waals surface area (Å²) in [6.07, 6.45) is 0. The molecule has 2 aromatic rings.